The largest absolute Gasteiger partial charge is 0.497 e. The van der Waals surface area contributed by atoms with Crippen LogP contribution in [0.15, 0.2) is 12.0 Å². The molecule has 1 saturated heterocycles. The van der Waals surface area contributed by atoms with Gasteiger partial charge in [-0.25, -0.2) is 4.18 Å². The van der Waals surface area contributed by atoms with E-state index in [0.717, 1.165) is 0 Å². The van der Waals surface area contributed by atoms with Gasteiger partial charge in [-0.05, 0) is 20.8 Å². The highest BCUT2D eigenvalue weighted by molar-refractivity contribution is 7.85. The van der Waals surface area contributed by atoms with Crippen molar-refractivity contribution in [2.75, 3.05) is 33.0 Å². The van der Waals surface area contributed by atoms with Gasteiger partial charge in [0.15, 0.2) is 0 Å². The van der Waals surface area contributed by atoms with Gasteiger partial charge in [0, 0.05) is 0 Å². The highest BCUT2D eigenvalue weighted by atomic mass is 32.2. The molecular weight excluding hydrogens is 302 g/mol. The van der Waals surface area contributed by atoms with Crippen LogP contribution >= 0.6 is 0 Å². The number of nitrogens with zero attached hydrogens (tertiary/aromatic N) is 1. The summed E-state index contributed by atoms with van der Waals surface area (Å²) in [5.74, 6) is 0. The van der Waals surface area contributed by atoms with E-state index in [1.165, 1.54) is 6.26 Å². The first kappa shape index (κ1) is 17.9. The Kier molecular flexibility index (Phi) is 6.59. The highest BCUT2D eigenvalue weighted by Crippen LogP contribution is 2.19. The molecule has 21 heavy (non-hydrogen) atoms. The zero-order valence-corrected chi connectivity index (χ0v) is 13.2. The Hall–Kier alpha value is -1.16. The van der Waals surface area contributed by atoms with E-state index in [0.29, 0.717) is 24.1 Å². The van der Waals surface area contributed by atoms with E-state index in [-0.39, 0.29) is 30.9 Å². The maximum absolute atomic E-state index is 11.2. The minimum Gasteiger partial charge on any atom is -0.497 e. The van der Waals surface area contributed by atoms with Gasteiger partial charge in [0.2, 0.25) is 6.41 Å². The summed E-state index contributed by atoms with van der Waals surface area (Å²) in [5.41, 5.74) is -0.0719. The third-order valence-corrected chi connectivity index (χ3v) is 3.52. The molecule has 0 saturated carbocycles. The third kappa shape index (κ3) is 6.42. The smallest absolute Gasteiger partial charge is 0.369 e. The fourth-order valence-electron chi connectivity index (χ4n) is 1.38. The van der Waals surface area contributed by atoms with Crippen molar-refractivity contribution in [3.63, 3.8) is 0 Å². The SMILES string of the molecule is CC(C)(C)OCCOCCO/C=C1/COS(=O)(=O)N1C=O. The van der Waals surface area contributed by atoms with Gasteiger partial charge in [0.25, 0.3) is 0 Å². The lowest BCUT2D eigenvalue weighted by atomic mass is 10.2. The molecule has 1 amide bonds. The van der Waals surface area contributed by atoms with Gasteiger partial charge in [-0.3, -0.25) is 4.79 Å². The van der Waals surface area contributed by atoms with Gasteiger partial charge in [0.05, 0.1) is 25.4 Å². The van der Waals surface area contributed by atoms with Crippen LogP contribution in [0, 0.1) is 0 Å². The van der Waals surface area contributed by atoms with Crippen LogP contribution in [0.2, 0.25) is 0 Å². The Bertz CT molecular complexity index is 466. The van der Waals surface area contributed by atoms with Gasteiger partial charge in [-0.1, -0.05) is 0 Å². The molecule has 0 aliphatic carbocycles. The second kappa shape index (κ2) is 7.74. The second-order valence-electron chi connectivity index (χ2n) is 5.17. The fourth-order valence-corrected chi connectivity index (χ4v) is 2.25. The molecule has 0 bridgehead atoms. The van der Waals surface area contributed by atoms with Crippen molar-refractivity contribution in [3.8, 4) is 0 Å². The molecule has 0 unspecified atom stereocenters. The molecule has 0 aromatic carbocycles. The van der Waals surface area contributed by atoms with Crippen molar-refractivity contribution in [3.05, 3.63) is 12.0 Å². The first-order chi connectivity index (χ1) is 9.76. The van der Waals surface area contributed by atoms with Crippen LogP contribution in [-0.2, 0) is 33.5 Å². The third-order valence-electron chi connectivity index (χ3n) is 2.30. The van der Waals surface area contributed by atoms with Gasteiger partial charge in [0.1, 0.15) is 25.2 Å². The van der Waals surface area contributed by atoms with Gasteiger partial charge >= 0.3 is 10.3 Å². The van der Waals surface area contributed by atoms with Crippen LogP contribution in [0.5, 0.6) is 0 Å². The number of carbonyl (C=O) groups is 1. The van der Waals surface area contributed by atoms with Crippen LogP contribution in [0.1, 0.15) is 20.8 Å². The van der Waals surface area contributed by atoms with E-state index < -0.39 is 10.3 Å². The molecule has 1 aliphatic heterocycles. The molecule has 1 aliphatic rings. The number of amides is 1. The summed E-state index contributed by atoms with van der Waals surface area (Å²) in [4.78, 5) is 10.7. The summed E-state index contributed by atoms with van der Waals surface area (Å²) in [6, 6.07) is 0. The molecule has 1 heterocycles. The van der Waals surface area contributed by atoms with Crippen molar-refractivity contribution in [2.45, 2.75) is 26.4 Å². The maximum atomic E-state index is 11.2. The van der Waals surface area contributed by atoms with E-state index in [2.05, 4.69) is 4.18 Å². The molecule has 0 spiro atoms. The number of hydrogen-bond donors (Lipinski definition) is 0. The molecule has 0 aromatic rings. The number of rotatable bonds is 8. The van der Waals surface area contributed by atoms with Crippen molar-refractivity contribution in [1.82, 2.24) is 4.31 Å². The summed E-state index contributed by atoms with van der Waals surface area (Å²) in [5, 5.41) is 0. The van der Waals surface area contributed by atoms with Gasteiger partial charge in [-0.2, -0.15) is 12.7 Å². The zero-order valence-electron chi connectivity index (χ0n) is 12.4. The zero-order chi connectivity index (χ0) is 15.9. The Balaban J connectivity index is 2.17. The Morgan fingerprint density at radius 3 is 2.52 bits per heavy atom. The van der Waals surface area contributed by atoms with Crippen LogP contribution < -0.4 is 0 Å². The molecule has 0 N–H and O–H groups in total. The quantitative estimate of drug-likeness (QED) is 0.363. The van der Waals surface area contributed by atoms with Crippen molar-refractivity contribution < 1.29 is 31.6 Å². The molecule has 0 radical (unpaired) electrons. The van der Waals surface area contributed by atoms with Crippen LogP contribution in [-0.4, -0.2) is 57.8 Å². The molecule has 8 nitrogen and oxygen atoms in total. The minimum absolute atomic E-state index is 0.126. The van der Waals surface area contributed by atoms with E-state index in [1.54, 1.807) is 0 Å². The molecule has 0 aromatic heterocycles. The monoisotopic (exact) mass is 323 g/mol. The summed E-state index contributed by atoms with van der Waals surface area (Å²) in [6.07, 6.45) is 1.34. The van der Waals surface area contributed by atoms with Crippen LogP contribution in [0.3, 0.4) is 0 Å². The van der Waals surface area contributed by atoms with E-state index in [9.17, 15) is 13.2 Å². The van der Waals surface area contributed by atoms with E-state index in [1.807, 2.05) is 20.8 Å². The summed E-state index contributed by atoms with van der Waals surface area (Å²) >= 11 is 0. The Morgan fingerprint density at radius 2 is 1.90 bits per heavy atom. The predicted octanol–water partition coefficient (Wildman–Crippen LogP) is 0.410. The average molecular weight is 323 g/mol. The molecule has 1 rings (SSSR count). The first-order valence-electron chi connectivity index (χ1n) is 6.43. The molecule has 9 heteroatoms. The molecule has 0 atom stereocenters. The average Bonchev–Trinajstić information content (AvgIpc) is 2.66. The fraction of sp³-hybridized carbons (Fsp3) is 0.750. The molecule has 122 valence electrons. The number of hydrogen-bond acceptors (Lipinski definition) is 7. The lowest BCUT2D eigenvalue weighted by Crippen LogP contribution is -2.22. The number of ether oxygens (including phenoxy) is 3. The predicted molar refractivity (Wildman–Crippen MR) is 73.3 cm³/mol. The molecule has 1 fully saturated rings. The van der Waals surface area contributed by atoms with Crippen molar-refractivity contribution in [2.24, 2.45) is 0 Å². The summed E-state index contributed by atoms with van der Waals surface area (Å²) in [6.45, 7) is 7.13. The number of carbonyl (C=O) groups excluding carboxylic acids is 1. The standard InChI is InChI=1S/C12H21NO7S/c1-12(2,3)19-7-6-17-4-5-18-8-11-9-20-21(15,16)13(11)10-14/h8,10H,4-7,9H2,1-3H3/b11-8-. The van der Waals surface area contributed by atoms with Crippen molar-refractivity contribution in [1.29, 1.82) is 0 Å². The second-order valence-corrected chi connectivity index (χ2v) is 6.66. The normalized spacial score (nSPS) is 20.0. The van der Waals surface area contributed by atoms with Crippen molar-refractivity contribution >= 4 is 16.7 Å². The molecular formula is C12H21NO7S. The van der Waals surface area contributed by atoms with Gasteiger partial charge in [-0.15, -0.1) is 0 Å². The lowest BCUT2D eigenvalue weighted by Gasteiger charge is -2.19. The van der Waals surface area contributed by atoms with Crippen LogP contribution in [0.25, 0.3) is 0 Å². The Morgan fingerprint density at radius 1 is 1.24 bits per heavy atom. The van der Waals surface area contributed by atoms with E-state index in [4.69, 9.17) is 14.2 Å². The lowest BCUT2D eigenvalue weighted by molar-refractivity contribution is -0.112. The highest BCUT2D eigenvalue weighted by Gasteiger charge is 2.33. The maximum Gasteiger partial charge on any atom is 0.369 e. The first-order valence-corrected chi connectivity index (χ1v) is 7.79. The topological polar surface area (TPSA) is 91.4 Å². The van der Waals surface area contributed by atoms with Crippen LogP contribution in [0.4, 0.5) is 0 Å². The summed E-state index contributed by atoms with van der Waals surface area (Å²) in [7, 11) is -3.99. The summed E-state index contributed by atoms with van der Waals surface area (Å²) < 4.78 is 43.3. The Labute approximate surface area is 124 Å². The van der Waals surface area contributed by atoms with Gasteiger partial charge < -0.3 is 14.2 Å². The minimum atomic E-state index is -3.99. The van der Waals surface area contributed by atoms with E-state index >= 15 is 0 Å².